The molecule has 0 saturated carbocycles. The maximum Gasteiger partial charge on any atom is 0.410 e. The van der Waals surface area contributed by atoms with Crippen molar-refractivity contribution < 1.29 is 53.3 Å². The van der Waals surface area contributed by atoms with Crippen LogP contribution in [0.5, 0.6) is 0 Å². The van der Waals surface area contributed by atoms with Crippen LogP contribution in [0.3, 0.4) is 0 Å². The van der Waals surface area contributed by atoms with E-state index in [4.69, 9.17) is 14.2 Å². The van der Waals surface area contributed by atoms with Gasteiger partial charge in [0.1, 0.15) is 25.5 Å². The van der Waals surface area contributed by atoms with E-state index in [1.807, 2.05) is 6.92 Å². The number of carbonyl (C=O) groups is 4. The van der Waals surface area contributed by atoms with Gasteiger partial charge in [-0.25, -0.2) is 14.4 Å². The first kappa shape index (κ1) is 44.0. The number of alkyl carbamates (subject to hydrolysis) is 1. The van der Waals surface area contributed by atoms with Crippen LogP contribution < -0.4 is 5.32 Å². The second-order valence-corrected chi connectivity index (χ2v) is 16.3. The minimum absolute atomic E-state index is 0.0212. The zero-order valence-electron chi connectivity index (χ0n) is 33.1. The maximum atomic E-state index is 13.8. The number of likely N-dealkylation sites (tertiary alicyclic amines) is 1. The summed E-state index contributed by atoms with van der Waals surface area (Å²) in [7, 11) is 0. The van der Waals surface area contributed by atoms with Crippen LogP contribution in [0.15, 0.2) is 83.4 Å². The summed E-state index contributed by atoms with van der Waals surface area (Å²) >= 11 is 1.30. The number of β-lactam (4-membered cyclic amide) rings is 1. The molecule has 2 saturated heterocycles. The van der Waals surface area contributed by atoms with Crippen molar-refractivity contribution in [3.63, 3.8) is 0 Å². The zero-order valence-corrected chi connectivity index (χ0v) is 33.9. The summed E-state index contributed by atoms with van der Waals surface area (Å²) in [5, 5.41) is 46.1. The van der Waals surface area contributed by atoms with Gasteiger partial charge in [0.25, 0.3) is 17.1 Å². The van der Waals surface area contributed by atoms with Gasteiger partial charge in [0.15, 0.2) is 0 Å². The smallest absolute Gasteiger partial charge is 0.410 e. The van der Waals surface area contributed by atoms with E-state index in [9.17, 15) is 54.6 Å². The highest BCUT2D eigenvalue weighted by Gasteiger charge is 2.60. The van der Waals surface area contributed by atoms with Crippen LogP contribution in [0.2, 0.25) is 0 Å². The Morgan fingerprint density at radius 1 is 0.803 bits per heavy atom. The number of thioether (sulfide) groups is 1. The van der Waals surface area contributed by atoms with Crippen LogP contribution in [0.4, 0.5) is 26.7 Å². The van der Waals surface area contributed by atoms with Crippen LogP contribution in [-0.2, 0) is 43.6 Å². The fourth-order valence-corrected chi connectivity index (χ4v) is 9.26. The molecule has 0 radical (unpaired) electrons. The number of carbonyl (C=O) groups excluding carboxylic acids is 4. The average molecular weight is 863 g/mol. The quantitative estimate of drug-likeness (QED) is 0.0572. The Morgan fingerprint density at radius 3 is 1.75 bits per heavy atom. The summed E-state index contributed by atoms with van der Waals surface area (Å²) < 4.78 is 16.6. The highest BCUT2D eigenvalue weighted by Crippen LogP contribution is 2.52. The van der Waals surface area contributed by atoms with Crippen molar-refractivity contribution in [1.29, 1.82) is 0 Å². The van der Waals surface area contributed by atoms with Crippen LogP contribution in [-0.4, -0.2) is 89.8 Å². The largest absolute Gasteiger partial charge is 0.456 e. The van der Waals surface area contributed by atoms with Gasteiger partial charge < -0.3 is 34.4 Å². The molecule has 1 unspecified atom stereocenters. The molecule has 7 atom stereocenters. The number of rotatable bonds is 16. The van der Waals surface area contributed by atoms with Crippen molar-refractivity contribution in [3.05, 3.63) is 130 Å². The molecule has 2 N–H and O–H groups in total. The number of aliphatic hydroxyl groups is 1. The van der Waals surface area contributed by atoms with Gasteiger partial charge >= 0.3 is 18.2 Å². The van der Waals surface area contributed by atoms with E-state index in [-0.39, 0.29) is 60.8 Å². The summed E-state index contributed by atoms with van der Waals surface area (Å²) in [6, 6.07) is 15.0. The van der Waals surface area contributed by atoms with Crippen molar-refractivity contribution in [2.45, 2.75) is 82.9 Å². The molecule has 0 aliphatic carbocycles. The predicted molar refractivity (Wildman–Crippen MR) is 215 cm³/mol. The van der Waals surface area contributed by atoms with E-state index in [1.54, 1.807) is 6.92 Å². The molecule has 20 nitrogen and oxygen atoms in total. The van der Waals surface area contributed by atoms with E-state index >= 15 is 0 Å². The molecule has 0 aromatic heterocycles. The average Bonchev–Trinajstić information content (AvgIpc) is 3.73. The Hall–Kier alpha value is -6.61. The van der Waals surface area contributed by atoms with Crippen molar-refractivity contribution in [3.8, 4) is 0 Å². The SMILES string of the molecule is CC(C[C@@H]1C[C@H](SC2=C(C(=O)OCc3ccc([N+](=O)[O-])cc3)N3C(=O)[C@H]([C@@H](C)O)[C@H]3[C@H]2C)CN1C(=O)OCc1ccc([N+](=O)[O-])cc1)NC(=O)OCc1ccc([N+](=O)[O-])cc1. The van der Waals surface area contributed by atoms with E-state index < -0.39 is 74.9 Å². The van der Waals surface area contributed by atoms with Gasteiger partial charge in [-0.3, -0.25) is 35.1 Å². The van der Waals surface area contributed by atoms with Crippen LogP contribution in [0.1, 0.15) is 50.3 Å². The third-order valence-corrected chi connectivity index (χ3v) is 12.2. The fraction of sp³-hybridized carbons (Fsp3) is 0.400. The van der Waals surface area contributed by atoms with Gasteiger partial charge in [-0.05, 0) is 79.8 Å². The maximum absolute atomic E-state index is 13.8. The lowest BCUT2D eigenvalue weighted by Crippen LogP contribution is -2.63. The Labute approximate surface area is 352 Å². The Balaban J connectivity index is 1.18. The minimum Gasteiger partial charge on any atom is -0.456 e. The summed E-state index contributed by atoms with van der Waals surface area (Å²) in [5.41, 5.74) is 1.17. The molecule has 2 fully saturated rings. The van der Waals surface area contributed by atoms with Gasteiger partial charge in [0, 0.05) is 71.1 Å². The number of amides is 3. The first-order chi connectivity index (χ1) is 29.0. The lowest BCUT2D eigenvalue weighted by Gasteiger charge is -2.46. The molecule has 3 heterocycles. The normalized spacial score (nSPS) is 21.5. The summed E-state index contributed by atoms with van der Waals surface area (Å²) in [4.78, 5) is 88.7. The molecule has 3 aliphatic heterocycles. The van der Waals surface area contributed by atoms with Gasteiger partial charge in [0.2, 0.25) is 5.91 Å². The first-order valence-corrected chi connectivity index (χ1v) is 20.1. The zero-order chi connectivity index (χ0) is 44.1. The Kier molecular flexibility index (Phi) is 13.5. The number of nitro benzene ring substituents is 3. The predicted octanol–water partition coefficient (Wildman–Crippen LogP) is 5.74. The number of non-ortho nitro benzene ring substituents is 3. The molecule has 3 aromatic rings. The van der Waals surface area contributed by atoms with Gasteiger partial charge in [-0.15, -0.1) is 11.8 Å². The van der Waals surface area contributed by atoms with Crippen LogP contribution in [0, 0.1) is 42.2 Å². The van der Waals surface area contributed by atoms with Crippen molar-refractivity contribution in [2.24, 2.45) is 11.8 Å². The number of nitrogens with one attached hydrogen (secondary N) is 1. The summed E-state index contributed by atoms with van der Waals surface area (Å²) in [6.45, 7) is 4.63. The molecule has 0 bridgehead atoms. The Bertz CT molecular complexity index is 2220. The highest BCUT2D eigenvalue weighted by molar-refractivity contribution is 8.03. The number of esters is 1. The number of nitrogens with zero attached hydrogens (tertiary/aromatic N) is 5. The highest BCUT2D eigenvalue weighted by atomic mass is 32.2. The lowest BCUT2D eigenvalue weighted by atomic mass is 9.79. The summed E-state index contributed by atoms with van der Waals surface area (Å²) in [6.07, 6.45) is -1.84. The molecule has 3 amide bonds. The first-order valence-electron chi connectivity index (χ1n) is 19.2. The Morgan fingerprint density at radius 2 is 1.28 bits per heavy atom. The number of hydrogen-bond acceptors (Lipinski definition) is 15. The molecule has 3 aromatic carbocycles. The van der Waals surface area contributed by atoms with Crippen LogP contribution in [0.25, 0.3) is 0 Å². The standard InChI is InChI=1S/C40H42N6O14S/c1-22(41-39(50)59-20-26-6-12-29(13-7-26)45(54)55)16-31-17-32(18-42(31)40(51)60-21-27-8-14-30(15-9-27)46(56)57)61-36-23(2)34-33(24(3)47)37(48)43(34)35(36)38(49)58-19-25-4-10-28(11-5-25)44(52)53/h4-15,22-24,31-34,47H,16-21H2,1-3H3,(H,41,50)/t22?,23-,24-,31-,32+,33-,34-/m1/s1. The lowest BCUT2D eigenvalue weighted by molar-refractivity contribution is -0.385. The molecule has 3 aliphatic rings. The molecule has 6 rings (SSSR count). The second-order valence-electron chi connectivity index (χ2n) is 15.0. The van der Waals surface area contributed by atoms with Crippen molar-refractivity contribution in [1.82, 2.24) is 15.1 Å². The minimum atomic E-state index is -0.996. The fourth-order valence-electron chi connectivity index (χ4n) is 7.70. The van der Waals surface area contributed by atoms with Crippen LogP contribution >= 0.6 is 11.8 Å². The molecule has 61 heavy (non-hydrogen) atoms. The molecule has 0 spiro atoms. The monoisotopic (exact) mass is 862 g/mol. The summed E-state index contributed by atoms with van der Waals surface area (Å²) in [5.74, 6) is -2.41. The topological polar surface area (TPSA) is 264 Å². The van der Waals surface area contributed by atoms with Gasteiger partial charge in [-0.2, -0.15) is 0 Å². The molecular weight excluding hydrogens is 821 g/mol. The van der Waals surface area contributed by atoms with E-state index in [2.05, 4.69) is 5.32 Å². The number of hydrogen-bond donors (Lipinski definition) is 2. The van der Waals surface area contributed by atoms with E-state index in [0.29, 0.717) is 28.0 Å². The van der Waals surface area contributed by atoms with Gasteiger partial charge in [-0.1, -0.05) is 6.92 Å². The number of aliphatic hydroxyl groups excluding tert-OH is 1. The number of ether oxygens (including phenoxy) is 3. The van der Waals surface area contributed by atoms with Crippen molar-refractivity contribution >= 4 is 52.9 Å². The third-order valence-electron chi connectivity index (χ3n) is 10.7. The van der Waals surface area contributed by atoms with E-state index in [0.717, 1.165) is 0 Å². The molecule has 21 heteroatoms. The van der Waals surface area contributed by atoms with Gasteiger partial charge in [0.05, 0.1) is 32.8 Å². The number of fused-ring (bicyclic) bond motifs is 1. The molecular formula is C40H42N6O14S. The van der Waals surface area contributed by atoms with E-state index in [1.165, 1.54) is 101 Å². The number of nitro groups is 3. The molecule has 322 valence electrons. The number of benzene rings is 3. The second kappa shape index (κ2) is 18.8. The third kappa shape index (κ3) is 10.1. The van der Waals surface area contributed by atoms with Crippen molar-refractivity contribution in [2.75, 3.05) is 6.54 Å².